The van der Waals surface area contributed by atoms with Gasteiger partial charge in [-0.05, 0) is 30.0 Å². The molecule has 1 aromatic carbocycles. The number of ether oxygens (including phenoxy) is 2. The van der Waals surface area contributed by atoms with Crippen LogP contribution < -0.4 is 20.3 Å². The van der Waals surface area contributed by atoms with Crippen molar-refractivity contribution in [1.82, 2.24) is 9.97 Å². The van der Waals surface area contributed by atoms with Crippen LogP contribution in [0.25, 0.3) is 10.2 Å². The zero-order chi connectivity index (χ0) is 17.2. The number of aryl methyl sites for hydroxylation is 1. The van der Waals surface area contributed by atoms with E-state index in [2.05, 4.69) is 15.3 Å². The molecule has 7 nitrogen and oxygen atoms in total. The van der Waals surface area contributed by atoms with Gasteiger partial charge in [0.25, 0.3) is 5.56 Å². The van der Waals surface area contributed by atoms with Gasteiger partial charge in [0.1, 0.15) is 10.7 Å². The van der Waals surface area contributed by atoms with Crippen molar-refractivity contribution in [3.8, 4) is 11.5 Å². The highest BCUT2D eigenvalue weighted by molar-refractivity contribution is 7.16. The predicted molar refractivity (Wildman–Crippen MR) is 94.4 cm³/mol. The Morgan fingerprint density at radius 2 is 2.16 bits per heavy atom. The molecule has 0 atom stereocenters. The Morgan fingerprint density at radius 3 is 3.08 bits per heavy atom. The number of carbonyl (C=O) groups excluding carboxylic acids is 1. The van der Waals surface area contributed by atoms with Gasteiger partial charge in [0.2, 0.25) is 12.7 Å². The fourth-order valence-corrected chi connectivity index (χ4v) is 3.43. The molecular formula is C17H15N3O4S. The van der Waals surface area contributed by atoms with Crippen LogP contribution >= 0.6 is 11.3 Å². The molecule has 4 rings (SSSR count). The molecule has 2 aromatic heterocycles. The predicted octanol–water partition coefficient (Wildman–Crippen LogP) is 2.67. The van der Waals surface area contributed by atoms with E-state index in [1.54, 1.807) is 24.3 Å². The molecule has 3 aromatic rings. The third kappa shape index (κ3) is 3.34. The van der Waals surface area contributed by atoms with E-state index in [9.17, 15) is 9.59 Å². The van der Waals surface area contributed by atoms with Gasteiger partial charge >= 0.3 is 0 Å². The summed E-state index contributed by atoms with van der Waals surface area (Å²) in [5, 5.41) is 5.28. The van der Waals surface area contributed by atoms with Gasteiger partial charge in [0.15, 0.2) is 11.5 Å². The number of hydrogen-bond donors (Lipinski definition) is 2. The Balaban J connectivity index is 1.33. The number of thiophene rings is 1. The van der Waals surface area contributed by atoms with Crippen molar-refractivity contribution in [2.45, 2.75) is 19.3 Å². The molecule has 3 heterocycles. The second-order valence-electron chi connectivity index (χ2n) is 5.62. The molecule has 0 fully saturated rings. The van der Waals surface area contributed by atoms with Crippen LogP contribution in [0.3, 0.4) is 0 Å². The summed E-state index contributed by atoms with van der Waals surface area (Å²) in [6.45, 7) is 0.201. The first-order valence-corrected chi connectivity index (χ1v) is 8.73. The molecule has 8 heteroatoms. The first kappa shape index (κ1) is 15.6. The van der Waals surface area contributed by atoms with Gasteiger partial charge in [-0.1, -0.05) is 0 Å². The summed E-state index contributed by atoms with van der Waals surface area (Å²) in [7, 11) is 0. The first-order chi connectivity index (χ1) is 12.2. The fourth-order valence-electron chi connectivity index (χ4n) is 2.64. The van der Waals surface area contributed by atoms with E-state index in [-0.39, 0.29) is 18.3 Å². The maximum Gasteiger partial charge on any atom is 0.259 e. The average Bonchev–Trinajstić information content (AvgIpc) is 3.23. The number of fused-ring (bicyclic) bond motifs is 2. The van der Waals surface area contributed by atoms with Crippen LogP contribution in [-0.4, -0.2) is 22.7 Å². The lowest BCUT2D eigenvalue weighted by Crippen LogP contribution is -2.13. The smallest absolute Gasteiger partial charge is 0.259 e. The van der Waals surface area contributed by atoms with E-state index in [1.807, 2.05) is 5.38 Å². The van der Waals surface area contributed by atoms with Gasteiger partial charge in [-0.25, -0.2) is 4.98 Å². The van der Waals surface area contributed by atoms with Crippen LogP contribution in [0.2, 0.25) is 0 Å². The highest BCUT2D eigenvalue weighted by Crippen LogP contribution is 2.34. The average molecular weight is 357 g/mol. The Morgan fingerprint density at radius 1 is 1.28 bits per heavy atom. The van der Waals surface area contributed by atoms with Crippen molar-refractivity contribution >= 4 is 33.1 Å². The number of nitrogens with one attached hydrogen (secondary N) is 2. The first-order valence-electron chi connectivity index (χ1n) is 7.85. The number of rotatable bonds is 5. The van der Waals surface area contributed by atoms with E-state index in [1.165, 1.54) is 11.3 Å². The summed E-state index contributed by atoms with van der Waals surface area (Å²) in [6, 6.07) is 7.04. The maximum atomic E-state index is 12.1. The lowest BCUT2D eigenvalue weighted by atomic mass is 10.2. The molecule has 0 spiro atoms. The molecule has 128 valence electrons. The molecule has 0 aliphatic carbocycles. The number of aromatic nitrogens is 2. The van der Waals surface area contributed by atoms with Gasteiger partial charge in [-0.3, -0.25) is 9.59 Å². The van der Waals surface area contributed by atoms with E-state index >= 15 is 0 Å². The number of H-pyrrole nitrogens is 1. The van der Waals surface area contributed by atoms with Gasteiger partial charge in [-0.2, -0.15) is 0 Å². The topological polar surface area (TPSA) is 93.3 Å². The monoisotopic (exact) mass is 357 g/mol. The maximum absolute atomic E-state index is 12.1. The summed E-state index contributed by atoms with van der Waals surface area (Å²) in [4.78, 5) is 31.9. The summed E-state index contributed by atoms with van der Waals surface area (Å²) in [5.41, 5.74) is 0.534. The van der Waals surface area contributed by atoms with Crippen LogP contribution in [0, 0.1) is 0 Å². The SMILES string of the molecule is O=C(CCCc1nc2sccc2c(=O)[nH]1)Nc1ccc2c(c1)OCO2. The Kier molecular flexibility index (Phi) is 4.10. The fraction of sp³-hybridized carbons (Fsp3) is 0.235. The quantitative estimate of drug-likeness (QED) is 0.732. The minimum absolute atomic E-state index is 0.0987. The number of amides is 1. The minimum atomic E-state index is -0.133. The summed E-state index contributed by atoms with van der Waals surface area (Å²) >= 11 is 1.43. The van der Waals surface area contributed by atoms with Gasteiger partial charge in [0.05, 0.1) is 5.39 Å². The Hall–Kier alpha value is -2.87. The number of benzene rings is 1. The van der Waals surface area contributed by atoms with Crippen molar-refractivity contribution < 1.29 is 14.3 Å². The standard InChI is InChI=1S/C17H15N3O4S/c21-15(18-10-4-5-12-13(8-10)24-9-23-12)3-1-2-14-19-16(22)11-6-7-25-17(11)20-14/h4-8H,1-3,9H2,(H,18,21)(H,19,20,22). The number of nitrogens with zero attached hydrogens (tertiary/aromatic N) is 1. The van der Waals surface area contributed by atoms with Crippen molar-refractivity contribution in [3.05, 3.63) is 45.8 Å². The second-order valence-corrected chi connectivity index (χ2v) is 6.52. The van der Waals surface area contributed by atoms with Gasteiger partial charge in [-0.15, -0.1) is 11.3 Å². The molecule has 0 radical (unpaired) electrons. The number of hydrogen-bond acceptors (Lipinski definition) is 6. The molecular weight excluding hydrogens is 342 g/mol. The molecule has 0 saturated heterocycles. The van der Waals surface area contributed by atoms with Gasteiger partial charge < -0.3 is 19.8 Å². The summed E-state index contributed by atoms with van der Waals surface area (Å²) in [6.07, 6.45) is 1.47. The highest BCUT2D eigenvalue weighted by atomic mass is 32.1. The van der Waals surface area contributed by atoms with Crippen molar-refractivity contribution in [2.75, 3.05) is 12.1 Å². The molecule has 0 unspecified atom stereocenters. The second kappa shape index (κ2) is 6.56. The molecule has 25 heavy (non-hydrogen) atoms. The summed E-state index contributed by atoms with van der Waals surface area (Å²) in [5.74, 6) is 1.81. The minimum Gasteiger partial charge on any atom is -0.454 e. The lowest BCUT2D eigenvalue weighted by Gasteiger charge is -2.06. The highest BCUT2D eigenvalue weighted by Gasteiger charge is 2.14. The van der Waals surface area contributed by atoms with E-state index < -0.39 is 0 Å². The van der Waals surface area contributed by atoms with Crippen LogP contribution in [-0.2, 0) is 11.2 Å². The molecule has 1 amide bonds. The number of aromatic amines is 1. The van der Waals surface area contributed by atoms with E-state index in [0.717, 1.165) is 4.83 Å². The summed E-state index contributed by atoms with van der Waals surface area (Å²) < 4.78 is 10.5. The van der Waals surface area contributed by atoms with Crippen molar-refractivity contribution in [1.29, 1.82) is 0 Å². The van der Waals surface area contributed by atoms with Gasteiger partial charge in [0, 0.05) is 24.6 Å². The third-order valence-corrected chi connectivity index (χ3v) is 4.66. The number of carbonyl (C=O) groups is 1. The largest absolute Gasteiger partial charge is 0.454 e. The van der Waals surface area contributed by atoms with Crippen LogP contribution in [0.15, 0.2) is 34.4 Å². The Labute approximate surface area is 146 Å². The molecule has 0 bridgehead atoms. The third-order valence-electron chi connectivity index (χ3n) is 3.86. The zero-order valence-electron chi connectivity index (χ0n) is 13.2. The molecule has 0 saturated carbocycles. The van der Waals surface area contributed by atoms with Crippen LogP contribution in [0.1, 0.15) is 18.7 Å². The van der Waals surface area contributed by atoms with Crippen LogP contribution in [0.5, 0.6) is 11.5 Å². The Bertz CT molecular complexity index is 995. The van der Waals surface area contributed by atoms with E-state index in [0.29, 0.717) is 47.7 Å². The van der Waals surface area contributed by atoms with Crippen LogP contribution in [0.4, 0.5) is 5.69 Å². The molecule has 1 aliphatic heterocycles. The normalized spacial score (nSPS) is 12.5. The van der Waals surface area contributed by atoms with Crippen molar-refractivity contribution in [2.24, 2.45) is 0 Å². The van der Waals surface area contributed by atoms with Crippen molar-refractivity contribution in [3.63, 3.8) is 0 Å². The molecule has 2 N–H and O–H groups in total. The zero-order valence-corrected chi connectivity index (χ0v) is 14.0. The molecule has 1 aliphatic rings. The number of anilines is 1. The van der Waals surface area contributed by atoms with E-state index in [4.69, 9.17) is 9.47 Å². The lowest BCUT2D eigenvalue weighted by molar-refractivity contribution is -0.116.